The van der Waals surface area contributed by atoms with Gasteiger partial charge in [-0.3, -0.25) is 4.90 Å². The van der Waals surface area contributed by atoms with E-state index in [1.165, 1.54) is 16.9 Å². The van der Waals surface area contributed by atoms with E-state index >= 15 is 0 Å². The second kappa shape index (κ2) is 6.43. The topological polar surface area (TPSA) is 38.2 Å². The summed E-state index contributed by atoms with van der Waals surface area (Å²) in [4.78, 5) is 7.06. The minimum absolute atomic E-state index is 0.739. The van der Waals surface area contributed by atoms with Gasteiger partial charge in [0.15, 0.2) is 17.3 Å². The van der Waals surface area contributed by atoms with Crippen LogP contribution < -0.4 is 9.64 Å². The Balaban J connectivity index is 1.52. The lowest BCUT2D eigenvalue weighted by atomic mass is 10.0. The van der Waals surface area contributed by atoms with Gasteiger partial charge in [0.25, 0.3) is 0 Å². The molecule has 138 valence electrons. The number of hydrogen-bond donors (Lipinski definition) is 0. The lowest BCUT2D eigenvalue weighted by Gasteiger charge is -2.30. The number of nitrogens with zero attached hydrogens (tertiary/aromatic N) is 3. The highest BCUT2D eigenvalue weighted by molar-refractivity contribution is 7.10. The van der Waals surface area contributed by atoms with Gasteiger partial charge in [-0.2, -0.15) is 9.36 Å². The summed E-state index contributed by atoms with van der Waals surface area (Å²) in [6.45, 7) is 0. The summed E-state index contributed by atoms with van der Waals surface area (Å²) in [6, 6.07) is 30.6. The first kappa shape index (κ1) is 16.3. The predicted molar refractivity (Wildman–Crippen MR) is 118 cm³/mol. The molecule has 0 aliphatic carbocycles. The Morgan fingerprint density at radius 2 is 1.34 bits per heavy atom. The van der Waals surface area contributed by atoms with Crippen LogP contribution in [0.25, 0.3) is 22.2 Å². The maximum atomic E-state index is 6.09. The predicted octanol–water partition coefficient (Wildman–Crippen LogP) is 6.93. The third kappa shape index (κ3) is 2.59. The first-order valence-electron chi connectivity index (χ1n) is 9.36. The molecule has 5 heteroatoms. The molecule has 2 heterocycles. The molecule has 0 bridgehead atoms. The Bertz CT molecular complexity index is 1310. The van der Waals surface area contributed by atoms with Gasteiger partial charge in [0.1, 0.15) is 0 Å². The van der Waals surface area contributed by atoms with Crippen molar-refractivity contribution in [3.8, 4) is 22.9 Å². The van der Waals surface area contributed by atoms with Gasteiger partial charge < -0.3 is 4.74 Å². The van der Waals surface area contributed by atoms with Crippen LogP contribution >= 0.6 is 11.5 Å². The lowest BCUT2D eigenvalue weighted by Crippen LogP contribution is -2.15. The summed E-state index contributed by atoms with van der Waals surface area (Å²) < 4.78 is 10.8. The SMILES string of the molecule is c1ccc2c(c1)Oc1ccccc1N2c1nc(-c2cccc3ccccc23)ns1. The number of aromatic nitrogens is 2. The molecule has 0 spiro atoms. The molecule has 4 aromatic carbocycles. The summed E-state index contributed by atoms with van der Waals surface area (Å²) >= 11 is 1.40. The molecule has 0 atom stereocenters. The Labute approximate surface area is 171 Å². The molecular formula is C24H15N3OS. The Morgan fingerprint density at radius 3 is 2.14 bits per heavy atom. The average Bonchev–Trinajstić information content (AvgIpc) is 3.26. The zero-order valence-electron chi connectivity index (χ0n) is 15.3. The Hall–Kier alpha value is -3.70. The van der Waals surface area contributed by atoms with E-state index < -0.39 is 0 Å². The maximum Gasteiger partial charge on any atom is 0.214 e. The van der Waals surface area contributed by atoms with E-state index in [9.17, 15) is 0 Å². The molecule has 0 unspecified atom stereocenters. The molecule has 0 amide bonds. The molecule has 5 aromatic rings. The van der Waals surface area contributed by atoms with Crippen molar-refractivity contribution < 1.29 is 4.74 Å². The standard InChI is InChI=1S/C24H15N3OS/c1-2-10-17-16(8-1)9-7-11-18(17)23-25-24(29-26-23)27-19-12-3-5-14-21(19)28-22-15-6-4-13-20(22)27/h1-15H. The minimum Gasteiger partial charge on any atom is -0.453 e. The summed E-state index contributed by atoms with van der Waals surface area (Å²) in [7, 11) is 0. The number of ether oxygens (including phenoxy) is 1. The van der Waals surface area contributed by atoms with Gasteiger partial charge in [0, 0.05) is 17.1 Å². The van der Waals surface area contributed by atoms with E-state index in [4.69, 9.17) is 14.1 Å². The van der Waals surface area contributed by atoms with Crippen molar-refractivity contribution in [3.05, 3.63) is 91.0 Å². The Morgan fingerprint density at radius 1 is 0.690 bits per heavy atom. The van der Waals surface area contributed by atoms with Crippen LogP contribution in [0.15, 0.2) is 91.0 Å². The number of rotatable bonds is 2. The van der Waals surface area contributed by atoms with Gasteiger partial charge in [-0.25, -0.2) is 0 Å². The molecule has 0 N–H and O–H groups in total. The maximum absolute atomic E-state index is 6.09. The number of anilines is 3. The fourth-order valence-electron chi connectivity index (χ4n) is 3.75. The van der Waals surface area contributed by atoms with E-state index in [-0.39, 0.29) is 0 Å². The summed E-state index contributed by atoms with van der Waals surface area (Å²) in [5.74, 6) is 2.37. The van der Waals surface area contributed by atoms with E-state index in [1.54, 1.807) is 0 Å². The van der Waals surface area contributed by atoms with Crippen molar-refractivity contribution in [1.82, 2.24) is 9.36 Å². The van der Waals surface area contributed by atoms with Gasteiger partial charge in [0.2, 0.25) is 5.13 Å². The number of para-hydroxylation sites is 4. The van der Waals surface area contributed by atoms with Crippen molar-refractivity contribution in [1.29, 1.82) is 0 Å². The zero-order valence-corrected chi connectivity index (χ0v) is 16.1. The van der Waals surface area contributed by atoms with Crippen molar-refractivity contribution >= 4 is 38.8 Å². The van der Waals surface area contributed by atoms with Crippen LogP contribution in [0.4, 0.5) is 16.5 Å². The van der Waals surface area contributed by atoms with Gasteiger partial charge in [-0.05, 0) is 35.0 Å². The molecular weight excluding hydrogens is 378 g/mol. The van der Waals surface area contributed by atoms with Crippen LogP contribution in [0.5, 0.6) is 11.5 Å². The van der Waals surface area contributed by atoms with Crippen LogP contribution in [0.2, 0.25) is 0 Å². The molecule has 29 heavy (non-hydrogen) atoms. The van der Waals surface area contributed by atoms with Crippen molar-refractivity contribution in [2.24, 2.45) is 0 Å². The fourth-order valence-corrected chi connectivity index (χ4v) is 4.46. The molecule has 0 radical (unpaired) electrons. The van der Waals surface area contributed by atoms with Crippen molar-refractivity contribution in [3.63, 3.8) is 0 Å². The third-order valence-corrected chi connectivity index (χ3v) is 5.77. The van der Waals surface area contributed by atoms with E-state index in [0.717, 1.165) is 44.8 Å². The number of benzene rings is 4. The van der Waals surface area contributed by atoms with Crippen molar-refractivity contribution in [2.75, 3.05) is 4.90 Å². The summed E-state index contributed by atoms with van der Waals surface area (Å²) in [6.07, 6.45) is 0. The van der Waals surface area contributed by atoms with Crippen LogP contribution in [0, 0.1) is 0 Å². The van der Waals surface area contributed by atoms with Crippen LogP contribution in [-0.2, 0) is 0 Å². The highest BCUT2D eigenvalue weighted by atomic mass is 32.1. The summed E-state index contributed by atoms with van der Waals surface area (Å²) in [5, 5.41) is 3.15. The second-order valence-corrected chi connectivity index (χ2v) is 7.53. The minimum atomic E-state index is 0.739. The fraction of sp³-hybridized carbons (Fsp3) is 0. The second-order valence-electron chi connectivity index (χ2n) is 6.80. The summed E-state index contributed by atoms with van der Waals surface area (Å²) in [5.41, 5.74) is 2.97. The molecule has 0 fully saturated rings. The smallest absolute Gasteiger partial charge is 0.214 e. The average molecular weight is 393 g/mol. The van der Waals surface area contributed by atoms with Gasteiger partial charge in [-0.1, -0.05) is 66.7 Å². The molecule has 0 saturated carbocycles. The molecule has 4 nitrogen and oxygen atoms in total. The van der Waals surface area contributed by atoms with Gasteiger partial charge >= 0.3 is 0 Å². The highest BCUT2D eigenvalue weighted by Gasteiger charge is 2.27. The monoisotopic (exact) mass is 393 g/mol. The van der Waals surface area contributed by atoms with Gasteiger partial charge in [-0.15, -0.1) is 0 Å². The lowest BCUT2D eigenvalue weighted by molar-refractivity contribution is 0.477. The molecule has 1 aromatic heterocycles. The quantitative estimate of drug-likeness (QED) is 0.319. The van der Waals surface area contributed by atoms with Crippen LogP contribution in [-0.4, -0.2) is 9.36 Å². The third-order valence-electron chi connectivity index (χ3n) is 5.07. The zero-order chi connectivity index (χ0) is 19.2. The van der Waals surface area contributed by atoms with E-state index in [2.05, 4.69) is 35.2 Å². The molecule has 6 rings (SSSR count). The van der Waals surface area contributed by atoms with E-state index in [1.807, 2.05) is 60.7 Å². The number of hydrogen-bond acceptors (Lipinski definition) is 5. The normalized spacial score (nSPS) is 12.3. The first-order valence-corrected chi connectivity index (χ1v) is 10.1. The molecule has 0 saturated heterocycles. The first-order chi connectivity index (χ1) is 14.4. The van der Waals surface area contributed by atoms with Gasteiger partial charge in [0.05, 0.1) is 11.4 Å². The number of fused-ring (bicyclic) bond motifs is 3. The van der Waals surface area contributed by atoms with E-state index in [0.29, 0.717) is 0 Å². The van der Waals surface area contributed by atoms with Crippen LogP contribution in [0.3, 0.4) is 0 Å². The molecule has 1 aliphatic rings. The van der Waals surface area contributed by atoms with Crippen molar-refractivity contribution in [2.45, 2.75) is 0 Å². The molecule has 1 aliphatic heterocycles. The largest absolute Gasteiger partial charge is 0.453 e. The highest BCUT2D eigenvalue weighted by Crippen LogP contribution is 2.50. The van der Waals surface area contributed by atoms with Crippen LogP contribution in [0.1, 0.15) is 0 Å². The Kier molecular flexibility index (Phi) is 3.61.